The largest absolute Gasteiger partial charge is 0.352 e. The molecule has 0 aliphatic carbocycles. The number of rotatable bonds is 4. The van der Waals surface area contributed by atoms with Crippen molar-refractivity contribution in [2.45, 2.75) is 32.2 Å². The zero-order valence-corrected chi connectivity index (χ0v) is 15.7. The summed E-state index contributed by atoms with van der Waals surface area (Å²) < 4.78 is 26.8. The lowest BCUT2D eigenvalue weighted by Gasteiger charge is -2.31. The number of carbonyl (C=O) groups is 1. The number of piperazine rings is 1. The van der Waals surface area contributed by atoms with E-state index in [2.05, 4.69) is 10.2 Å². The quantitative estimate of drug-likeness (QED) is 0.885. The van der Waals surface area contributed by atoms with Gasteiger partial charge in [-0.05, 0) is 24.7 Å². The molecule has 0 radical (unpaired) electrons. The highest BCUT2D eigenvalue weighted by atomic mass is 32.2. The van der Waals surface area contributed by atoms with E-state index in [9.17, 15) is 13.2 Å². The third-order valence-electron chi connectivity index (χ3n) is 4.16. The third kappa shape index (κ3) is 4.55. The summed E-state index contributed by atoms with van der Waals surface area (Å²) in [6.07, 6.45) is 0. The highest BCUT2D eigenvalue weighted by molar-refractivity contribution is 7.89. The van der Waals surface area contributed by atoms with Gasteiger partial charge in [-0.2, -0.15) is 4.31 Å². The summed E-state index contributed by atoms with van der Waals surface area (Å²) in [5.74, 6) is -0.0309. The molecule has 1 aliphatic rings. The van der Waals surface area contributed by atoms with Crippen molar-refractivity contribution < 1.29 is 13.2 Å². The Kier molecular flexibility index (Phi) is 5.67. The van der Waals surface area contributed by atoms with E-state index in [4.69, 9.17) is 0 Å². The summed E-state index contributed by atoms with van der Waals surface area (Å²) in [7, 11) is -1.45. The van der Waals surface area contributed by atoms with E-state index in [0.29, 0.717) is 24.5 Å². The summed E-state index contributed by atoms with van der Waals surface area (Å²) in [5, 5.41) is 2.86. The average Bonchev–Trinajstić information content (AvgIpc) is 2.52. The summed E-state index contributed by atoms with van der Waals surface area (Å²) in [6, 6.07) is 6.75. The van der Waals surface area contributed by atoms with E-state index >= 15 is 0 Å². The molecule has 1 amide bonds. The predicted molar refractivity (Wildman–Crippen MR) is 94.0 cm³/mol. The number of hydrogen-bond donors (Lipinski definition) is 1. The van der Waals surface area contributed by atoms with Crippen LogP contribution >= 0.6 is 0 Å². The Morgan fingerprint density at radius 2 is 1.62 bits per heavy atom. The van der Waals surface area contributed by atoms with Gasteiger partial charge in [-0.1, -0.05) is 32.9 Å². The molecule has 0 unspecified atom stereocenters. The predicted octanol–water partition coefficient (Wildman–Crippen LogP) is 1.28. The number of benzene rings is 1. The Balaban J connectivity index is 2.02. The van der Waals surface area contributed by atoms with Crippen molar-refractivity contribution in [2.75, 3.05) is 33.2 Å². The summed E-state index contributed by atoms with van der Waals surface area (Å²) in [4.78, 5) is 14.3. The number of nitrogens with zero attached hydrogens (tertiary/aromatic N) is 2. The zero-order valence-electron chi connectivity index (χ0n) is 14.9. The monoisotopic (exact) mass is 353 g/mol. The number of hydrogen-bond acceptors (Lipinski definition) is 4. The molecule has 2 rings (SSSR count). The van der Waals surface area contributed by atoms with Gasteiger partial charge in [-0.25, -0.2) is 8.42 Å². The van der Waals surface area contributed by atoms with Crippen LogP contribution in [0.5, 0.6) is 0 Å². The lowest BCUT2D eigenvalue weighted by molar-refractivity contribution is -0.128. The van der Waals surface area contributed by atoms with E-state index in [-0.39, 0.29) is 5.91 Å². The first kappa shape index (κ1) is 18.9. The molecule has 134 valence electrons. The maximum Gasteiger partial charge on any atom is 0.243 e. The normalized spacial score (nSPS) is 17.7. The molecule has 0 saturated carbocycles. The van der Waals surface area contributed by atoms with Crippen LogP contribution in [0.15, 0.2) is 29.2 Å². The molecule has 0 aromatic heterocycles. The number of likely N-dealkylation sites (N-methyl/N-ethyl adjacent to an activating group) is 1. The average molecular weight is 353 g/mol. The van der Waals surface area contributed by atoms with Gasteiger partial charge >= 0.3 is 0 Å². The molecule has 0 atom stereocenters. The summed E-state index contributed by atoms with van der Waals surface area (Å²) >= 11 is 0. The molecule has 0 bridgehead atoms. The third-order valence-corrected chi connectivity index (χ3v) is 6.07. The molecule has 24 heavy (non-hydrogen) atoms. The van der Waals surface area contributed by atoms with Gasteiger partial charge in [0, 0.05) is 38.1 Å². The van der Waals surface area contributed by atoms with E-state index in [1.165, 1.54) is 4.31 Å². The Morgan fingerprint density at radius 3 is 2.12 bits per heavy atom. The smallest absolute Gasteiger partial charge is 0.243 e. The van der Waals surface area contributed by atoms with Crippen LogP contribution in [-0.4, -0.2) is 56.8 Å². The molecular formula is C17H27N3O3S. The second kappa shape index (κ2) is 7.21. The molecule has 1 fully saturated rings. The van der Waals surface area contributed by atoms with Gasteiger partial charge in [0.15, 0.2) is 0 Å². The first-order valence-corrected chi connectivity index (χ1v) is 9.60. The summed E-state index contributed by atoms with van der Waals surface area (Å²) in [5.41, 5.74) is 0.440. The maximum absolute atomic E-state index is 12.6. The van der Waals surface area contributed by atoms with Crippen LogP contribution in [-0.2, 0) is 21.4 Å². The van der Waals surface area contributed by atoms with E-state index in [1.54, 1.807) is 24.3 Å². The van der Waals surface area contributed by atoms with Crippen molar-refractivity contribution in [3.63, 3.8) is 0 Å². The number of amides is 1. The van der Waals surface area contributed by atoms with Crippen molar-refractivity contribution in [1.29, 1.82) is 0 Å². The molecular weight excluding hydrogens is 326 g/mol. The first-order valence-electron chi connectivity index (χ1n) is 8.16. The van der Waals surface area contributed by atoms with Crippen LogP contribution in [0.1, 0.15) is 26.3 Å². The van der Waals surface area contributed by atoms with Crippen LogP contribution in [0.3, 0.4) is 0 Å². The van der Waals surface area contributed by atoms with E-state index in [0.717, 1.165) is 18.7 Å². The molecule has 1 aromatic rings. The van der Waals surface area contributed by atoms with E-state index < -0.39 is 15.4 Å². The van der Waals surface area contributed by atoms with Gasteiger partial charge in [-0.15, -0.1) is 0 Å². The van der Waals surface area contributed by atoms with Gasteiger partial charge in [-0.3, -0.25) is 4.79 Å². The topological polar surface area (TPSA) is 69.7 Å². The van der Waals surface area contributed by atoms with Crippen molar-refractivity contribution in [3.05, 3.63) is 29.8 Å². The molecule has 1 heterocycles. The second-order valence-electron chi connectivity index (χ2n) is 7.28. The van der Waals surface area contributed by atoms with Crippen LogP contribution in [0.4, 0.5) is 0 Å². The fraction of sp³-hybridized carbons (Fsp3) is 0.588. The molecule has 1 N–H and O–H groups in total. The molecule has 1 saturated heterocycles. The Bertz CT molecular complexity index is 670. The number of nitrogens with one attached hydrogen (secondary N) is 1. The van der Waals surface area contributed by atoms with Gasteiger partial charge in [0.2, 0.25) is 15.9 Å². The maximum atomic E-state index is 12.6. The molecule has 6 nitrogen and oxygen atoms in total. The Morgan fingerprint density at radius 1 is 1.08 bits per heavy atom. The van der Waals surface area contributed by atoms with Crippen molar-refractivity contribution in [2.24, 2.45) is 5.41 Å². The van der Waals surface area contributed by atoms with Crippen LogP contribution < -0.4 is 5.32 Å². The minimum absolute atomic E-state index is 0.0309. The second-order valence-corrected chi connectivity index (χ2v) is 9.22. The van der Waals surface area contributed by atoms with Gasteiger partial charge in [0.1, 0.15) is 0 Å². The zero-order chi connectivity index (χ0) is 18.0. The molecule has 0 spiro atoms. The lowest BCUT2D eigenvalue weighted by atomic mass is 9.95. The van der Waals surface area contributed by atoms with Gasteiger partial charge in [0.25, 0.3) is 0 Å². The van der Waals surface area contributed by atoms with Crippen molar-refractivity contribution >= 4 is 15.9 Å². The Labute approximate surface area is 144 Å². The summed E-state index contributed by atoms with van der Waals surface area (Å²) in [6.45, 7) is 8.48. The highest BCUT2D eigenvalue weighted by Crippen LogP contribution is 2.18. The fourth-order valence-corrected chi connectivity index (χ4v) is 3.83. The minimum Gasteiger partial charge on any atom is -0.352 e. The van der Waals surface area contributed by atoms with Crippen molar-refractivity contribution in [1.82, 2.24) is 14.5 Å². The lowest BCUT2D eigenvalue weighted by Crippen LogP contribution is -2.47. The van der Waals surface area contributed by atoms with Gasteiger partial charge in [0.05, 0.1) is 4.90 Å². The van der Waals surface area contributed by atoms with Crippen LogP contribution in [0, 0.1) is 5.41 Å². The van der Waals surface area contributed by atoms with Crippen LogP contribution in [0.2, 0.25) is 0 Å². The number of sulfonamides is 1. The first-order chi connectivity index (χ1) is 11.1. The fourth-order valence-electron chi connectivity index (χ4n) is 2.40. The minimum atomic E-state index is -3.44. The Hall–Kier alpha value is -1.44. The standard InChI is InChI=1S/C17H27N3O3S/c1-17(2,3)16(21)18-13-14-5-7-15(8-6-14)24(22,23)20-11-9-19(4)10-12-20/h5-8H,9-13H2,1-4H3,(H,18,21). The van der Waals surface area contributed by atoms with Crippen LogP contribution in [0.25, 0.3) is 0 Å². The van der Waals surface area contributed by atoms with Gasteiger partial charge < -0.3 is 10.2 Å². The number of carbonyl (C=O) groups excluding carboxylic acids is 1. The van der Waals surface area contributed by atoms with E-state index in [1.807, 2.05) is 27.8 Å². The molecule has 7 heteroatoms. The van der Waals surface area contributed by atoms with Crippen molar-refractivity contribution in [3.8, 4) is 0 Å². The SMILES string of the molecule is CN1CCN(S(=O)(=O)c2ccc(CNC(=O)C(C)(C)C)cc2)CC1. The molecule has 1 aromatic carbocycles. The molecule has 1 aliphatic heterocycles. The highest BCUT2D eigenvalue weighted by Gasteiger charge is 2.27.